The largest absolute Gasteiger partial charge is 0.460 e. The van der Waals surface area contributed by atoms with Crippen molar-refractivity contribution in [1.82, 2.24) is 15.8 Å². The molecule has 1 unspecified atom stereocenters. The molecule has 2 heterocycles. The smallest absolute Gasteiger partial charge is 0.336 e. The highest BCUT2D eigenvalue weighted by molar-refractivity contribution is 5.93. The maximum Gasteiger partial charge on any atom is 0.336 e. The fourth-order valence-electron chi connectivity index (χ4n) is 5.25. The van der Waals surface area contributed by atoms with Crippen LogP contribution < -0.4 is 10.7 Å². The highest BCUT2D eigenvalue weighted by Crippen LogP contribution is 2.51. The molecule has 1 atom stereocenters. The van der Waals surface area contributed by atoms with Crippen LogP contribution in [0.4, 0.5) is 5.69 Å². The lowest BCUT2D eigenvalue weighted by molar-refractivity contribution is -0.385. The van der Waals surface area contributed by atoms with E-state index in [9.17, 15) is 14.9 Å². The summed E-state index contributed by atoms with van der Waals surface area (Å²) in [6.45, 7) is 6.52. The predicted molar refractivity (Wildman–Crippen MR) is 134 cm³/mol. The second-order valence-corrected chi connectivity index (χ2v) is 9.26. The topological polar surface area (TPSA) is 106 Å². The Bertz CT molecular complexity index is 995. The van der Waals surface area contributed by atoms with E-state index in [0.29, 0.717) is 16.8 Å². The summed E-state index contributed by atoms with van der Waals surface area (Å²) < 4.78 is 10.6. The van der Waals surface area contributed by atoms with Crippen molar-refractivity contribution in [2.75, 3.05) is 27.4 Å². The SMILES string of the molecule is CCCCC1(CCCC)NN(C)C2=C1C(c1ccccc1[N+](=O)[O-])C(C(=O)OCCOC)=C(C)N2. The van der Waals surface area contributed by atoms with Crippen molar-refractivity contribution in [3.05, 3.63) is 62.6 Å². The van der Waals surface area contributed by atoms with Gasteiger partial charge in [0.25, 0.3) is 5.69 Å². The molecule has 0 radical (unpaired) electrons. The van der Waals surface area contributed by atoms with Gasteiger partial charge in [0.05, 0.1) is 28.6 Å². The minimum atomic E-state index is -0.617. The third-order valence-electron chi connectivity index (χ3n) is 6.87. The number of hydrogen-bond acceptors (Lipinski definition) is 8. The number of allylic oxidation sites excluding steroid dienone is 1. The van der Waals surface area contributed by atoms with Crippen LogP contribution in [0.1, 0.15) is 70.8 Å². The van der Waals surface area contributed by atoms with Gasteiger partial charge < -0.3 is 14.8 Å². The van der Waals surface area contributed by atoms with Crippen molar-refractivity contribution in [3.63, 3.8) is 0 Å². The molecule has 2 aliphatic rings. The lowest BCUT2D eigenvalue weighted by Crippen LogP contribution is -2.48. The molecule has 0 amide bonds. The van der Waals surface area contributed by atoms with Gasteiger partial charge in [0.15, 0.2) is 0 Å². The Morgan fingerprint density at radius 1 is 1.17 bits per heavy atom. The maximum atomic E-state index is 13.5. The number of para-hydroxylation sites is 1. The van der Waals surface area contributed by atoms with Crippen molar-refractivity contribution in [3.8, 4) is 0 Å². The van der Waals surface area contributed by atoms with Gasteiger partial charge in [-0.15, -0.1) is 0 Å². The van der Waals surface area contributed by atoms with Crippen molar-refractivity contribution in [1.29, 1.82) is 0 Å². The van der Waals surface area contributed by atoms with Crippen LogP contribution in [0.25, 0.3) is 0 Å². The summed E-state index contributed by atoms with van der Waals surface area (Å²) in [4.78, 5) is 25.2. The Labute approximate surface area is 207 Å². The van der Waals surface area contributed by atoms with E-state index in [2.05, 4.69) is 24.6 Å². The number of carbonyl (C=O) groups excluding carboxylic acids is 1. The van der Waals surface area contributed by atoms with E-state index in [4.69, 9.17) is 9.47 Å². The minimum Gasteiger partial charge on any atom is -0.460 e. The molecule has 0 aliphatic carbocycles. The van der Waals surface area contributed by atoms with Gasteiger partial charge in [-0.3, -0.25) is 15.1 Å². The first-order chi connectivity index (χ1) is 16.8. The highest BCUT2D eigenvalue weighted by Gasteiger charge is 2.51. The van der Waals surface area contributed by atoms with Crippen LogP contribution in [0.5, 0.6) is 0 Å². The van der Waals surface area contributed by atoms with Crippen LogP contribution in [0.2, 0.25) is 0 Å². The molecule has 35 heavy (non-hydrogen) atoms. The number of nitro benzene ring substituents is 1. The van der Waals surface area contributed by atoms with Gasteiger partial charge in [0, 0.05) is 37.1 Å². The predicted octanol–water partition coefficient (Wildman–Crippen LogP) is 4.53. The molecule has 192 valence electrons. The third kappa shape index (κ3) is 5.36. The molecule has 0 spiro atoms. The standard InChI is InChI=1S/C26H38N4O5/c1-6-8-14-26(15-9-7-2)23-22(19-12-10-11-13-20(19)30(32)33)21(25(31)35-17-16-34-5)18(3)27-24(23)29(4)28-26/h10-13,22,27-28H,6-9,14-17H2,1-5H3. The number of nitrogens with zero attached hydrogens (tertiary/aromatic N) is 2. The van der Waals surface area contributed by atoms with Crippen LogP contribution in [-0.4, -0.2) is 48.8 Å². The molecule has 0 aromatic heterocycles. The zero-order chi connectivity index (χ0) is 25.6. The van der Waals surface area contributed by atoms with Crippen molar-refractivity contribution in [2.45, 2.75) is 70.8 Å². The number of nitro groups is 1. The van der Waals surface area contributed by atoms with E-state index in [1.165, 1.54) is 6.07 Å². The van der Waals surface area contributed by atoms with Crippen LogP contribution in [0, 0.1) is 10.1 Å². The Morgan fingerprint density at radius 2 is 1.83 bits per heavy atom. The third-order valence-corrected chi connectivity index (χ3v) is 6.87. The first-order valence-electron chi connectivity index (χ1n) is 12.4. The number of benzene rings is 1. The maximum absolute atomic E-state index is 13.5. The Hall–Kier alpha value is -2.91. The van der Waals surface area contributed by atoms with E-state index in [-0.39, 0.29) is 23.8 Å². The van der Waals surface area contributed by atoms with E-state index in [1.807, 2.05) is 19.0 Å². The zero-order valence-electron chi connectivity index (χ0n) is 21.5. The first-order valence-corrected chi connectivity index (χ1v) is 12.4. The van der Waals surface area contributed by atoms with Gasteiger partial charge in [-0.1, -0.05) is 57.7 Å². The number of carbonyl (C=O) groups is 1. The van der Waals surface area contributed by atoms with Crippen LogP contribution in [0.3, 0.4) is 0 Å². The monoisotopic (exact) mass is 486 g/mol. The van der Waals surface area contributed by atoms with E-state index in [1.54, 1.807) is 25.3 Å². The fourth-order valence-corrected chi connectivity index (χ4v) is 5.25. The van der Waals surface area contributed by atoms with Gasteiger partial charge >= 0.3 is 5.97 Å². The number of esters is 1. The summed E-state index contributed by atoms with van der Waals surface area (Å²) in [7, 11) is 3.50. The fraction of sp³-hybridized carbons (Fsp3) is 0.577. The lowest BCUT2D eigenvalue weighted by Gasteiger charge is -2.38. The molecule has 1 aromatic carbocycles. The van der Waals surface area contributed by atoms with E-state index in [0.717, 1.165) is 49.9 Å². The number of methoxy groups -OCH3 is 1. The Balaban J connectivity index is 2.24. The lowest BCUT2D eigenvalue weighted by atomic mass is 9.69. The summed E-state index contributed by atoms with van der Waals surface area (Å²) in [5.41, 5.74) is 5.76. The average molecular weight is 487 g/mol. The van der Waals surface area contributed by atoms with E-state index < -0.39 is 17.4 Å². The highest BCUT2D eigenvalue weighted by atomic mass is 16.6. The average Bonchev–Trinajstić information content (AvgIpc) is 3.11. The number of nitrogens with one attached hydrogen (secondary N) is 2. The molecule has 9 nitrogen and oxygen atoms in total. The zero-order valence-corrected chi connectivity index (χ0v) is 21.5. The quantitative estimate of drug-likeness (QED) is 0.192. The van der Waals surface area contributed by atoms with Crippen molar-refractivity contribution < 1.29 is 19.2 Å². The van der Waals surface area contributed by atoms with Gasteiger partial charge in [-0.25, -0.2) is 10.2 Å². The van der Waals surface area contributed by atoms with Crippen LogP contribution in [-0.2, 0) is 14.3 Å². The number of hydrazine groups is 1. The van der Waals surface area contributed by atoms with Gasteiger partial charge in [0.1, 0.15) is 12.4 Å². The van der Waals surface area contributed by atoms with Gasteiger partial charge in [0.2, 0.25) is 0 Å². The molecule has 0 saturated carbocycles. The molecule has 3 rings (SSSR count). The van der Waals surface area contributed by atoms with Crippen molar-refractivity contribution >= 4 is 11.7 Å². The Morgan fingerprint density at radius 3 is 2.43 bits per heavy atom. The summed E-state index contributed by atoms with van der Waals surface area (Å²) in [6.07, 6.45) is 5.73. The van der Waals surface area contributed by atoms with E-state index >= 15 is 0 Å². The molecule has 2 aliphatic heterocycles. The second kappa shape index (κ2) is 11.7. The summed E-state index contributed by atoms with van der Waals surface area (Å²) in [6, 6.07) is 6.72. The molecular weight excluding hydrogens is 448 g/mol. The number of rotatable bonds is 12. The number of dihydropyridines is 1. The first kappa shape index (κ1) is 26.7. The van der Waals surface area contributed by atoms with Crippen LogP contribution in [0.15, 0.2) is 46.9 Å². The number of ether oxygens (including phenoxy) is 2. The van der Waals surface area contributed by atoms with Gasteiger partial charge in [-0.05, 0) is 19.8 Å². The Kier molecular flexibility index (Phi) is 8.91. The molecule has 2 N–H and O–H groups in total. The van der Waals surface area contributed by atoms with Crippen molar-refractivity contribution in [2.24, 2.45) is 0 Å². The summed E-state index contributed by atoms with van der Waals surface area (Å²) >= 11 is 0. The number of unbranched alkanes of at least 4 members (excludes halogenated alkanes) is 2. The summed E-state index contributed by atoms with van der Waals surface area (Å²) in [5.74, 6) is -0.253. The van der Waals surface area contributed by atoms with Gasteiger partial charge in [-0.2, -0.15) is 0 Å². The molecule has 0 fully saturated rings. The molecule has 9 heteroatoms. The molecule has 0 saturated heterocycles. The summed E-state index contributed by atoms with van der Waals surface area (Å²) in [5, 5.41) is 17.5. The normalized spacial score (nSPS) is 19.0. The number of hydrogen-bond donors (Lipinski definition) is 2. The molecule has 1 aromatic rings. The van der Waals surface area contributed by atoms with Crippen LogP contribution >= 0.6 is 0 Å². The molecular formula is C26H38N4O5. The minimum absolute atomic E-state index is 0.00400. The second-order valence-electron chi connectivity index (χ2n) is 9.26. The molecule has 0 bridgehead atoms.